The molecule has 0 saturated heterocycles. The minimum atomic E-state index is -2.96. The fourth-order valence-electron chi connectivity index (χ4n) is 1.72. The van der Waals surface area contributed by atoms with Crippen LogP contribution in [0.5, 0.6) is 0 Å². The standard InChI is InChI=1S/C11H17F2NO3/c1-3-4-7(8(15)16)5-14-9(17)10(2)6-11(10,12)13/h7H,3-6H2,1-2H3,(H,14,17)(H,15,16). The number of carboxylic acids is 1. The third kappa shape index (κ3) is 2.73. The van der Waals surface area contributed by atoms with Crippen LogP contribution in [0.1, 0.15) is 33.1 Å². The van der Waals surface area contributed by atoms with Crippen LogP contribution in [0.25, 0.3) is 0 Å². The summed E-state index contributed by atoms with van der Waals surface area (Å²) in [6, 6.07) is 0. The van der Waals surface area contributed by atoms with Crippen molar-refractivity contribution < 1.29 is 23.5 Å². The SMILES string of the molecule is CCCC(CNC(=O)C1(C)CC1(F)F)C(=O)O. The number of rotatable bonds is 6. The Morgan fingerprint density at radius 1 is 1.47 bits per heavy atom. The van der Waals surface area contributed by atoms with E-state index in [-0.39, 0.29) is 6.54 Å². The lowest BCUT2D eigenvalue weighted by Gasteiger charge is -2.15. The minimum Gasteiger partial charge on any atom is -0.481 e. The van der Waals surface area contributed by atoms with Gasteiger partial charge in [-0.25, -0.2) is 8.78 Å². The van der Waals surface area contributed by atoms with E-state index in [9.17, 15) is 18.4 Å². The van der Waals surface area contributed by atoms with E-state index in [1.54, 1.807) is 0 Å². The van der Waals surface area contributed by atoms with Crippen molar-refractivity contribution in [1.29, 1.82) is 0 Å². The molecular formula is C11H17F2NO3. The lowest BCUT2D eigenvalue weighted by Crippen LogP contribution is -2.38. The summed E-state index contributed by atoms with van der Waals surface area (Å²) in [7, 11) is 0. The number of amides is 1. The van der Waals surface area contributed by atoms with E-state index in [2.05, 4.69) is 5.32 Å². The molecule has 0 aromatic carbocycles. The molecule has 6 heteroatoms. The van der Waals surface area contributed by atoms with Gasteiger partial charge in [-0.2, -0.15) is 0 Å². The lowest BCUT2D eigenvalue weighted by molar-refractivity contribution is -0.142. The van der Waals surface area contributed by atoms with Crippen LogP contribution in [0.15, 0.2) is 0 Å². The Kier molecular flexibility index (Phi) is 3.74. The lowest BCUT2D eigenvalue weighted by atomic mass is 10.0. The van der Waals surface area contributed by atoms with Gasteiger partial charge in [-0.15, -0.1) is 0 Å². The van der Waals surface area contributed by atoms with Gasteiger partial charge in [0.2, 0.25) is 5.91 Å². The van der Waals surface area contributed by atoms with Gasteiger partial charge >= 0.3 is 5.97 Å². The Balaban J connectivity index is 2.45. The summed E-state index contributed by atoms with van der Waals surface area (Å²) in [5.74, 6) is -5.44. The topological polar surface area (TPSA) is 66.4 Å². The molecule has 2 unspecified atom stereocenters. The summed E-state index contributed by atoms with van der Waals surface area (Å²) in [5.41, 5.74) is -1.65. The molecule has 1 saturated carbocycles. The molecule has 0 bridgehead atoms. The van der Waals surface area contributed by atoms with E-state index < -0.39 is 35.6 Å². The van der Waals surface area contributed by atoms with Gasteiger partial charge in [0.05, 0.1) is 5.92 Å². The molecule has 0 heterocycles. The second kappa shape index (κ2) is 4.58. The van der Waals surface area contributed by atoms with Gasteiger partial charge in [-0.1, -0.05) is 13.3 Å². The van der Waals surface area contributed by atoms with Gasteiger partial charge in [0.15, 0.2) is 0 Å². The van der Waals surface area contributed by atoms with Crippen molar-refractivity contribution in [3.05, 3.63) is 0 Å². The van der Waals surface area contributed by atoms with Gasteiger partial charge in [0, 0.05) is 13.0 Å². The highest BCUT2D eigenvalue weighted by atomic mass is 19.3. The predicted molar refractivity (Wildman–Crippen MR) is 56.7 cm³/mol. The summed E-state index contributed by atoms with van der Waals surface area (Å²) < 4.78 is 25.8. The summed E-state index contributed by atoms with van der Waals surface area (Å²) in [4.78, 5) is 22.3. The fourth-order valence-corrected chi connectivity index (χ4v) is 1.72. The van der Waals surface area contributed by atoms with Crippen molar-refractivity contribution in [3.63, 3.8) is 0 Å². The van der Waals surface area contributed by atoms with Crippen molar-refractivity contribution in [1.82, 2.24) is 5.32 Å². The van der Waals surface area contributed by atoms with Gasteiger partial charge in [0.1, 0.15) is 5.41 Å². The van der Waals surface area contributed by atoms with Crippen LogP contribution in [-0.2, 0) is 9.59 Å². The normalized spacial score (nSPS) is 27.3. The molecule has 98 valence electrons. The second-order valence-electron chi connectivity index (χ2n) is 4.75. The number of hydrogen-bond donors (Lipinski definition) is 2. The molecule has 17 heavy (non-hydrogen) atoms. The molecule has 4 nitrogen and oxygen atoms in total. The Hall–Kier alpha value is -1.20. The molecule has 2 N–H and O–H groups in total. The number of halogens is 2. The molecule has 1 rings (SSSR count). The Morgan fingerprint density at radius 3 is 2.35 bits per heavy atom. The van der Waals surface area contributed by atoms with Crippen LogP contribution in [0, 0.1) is 11.3 Å². The van der Waals surface area contributed by atoms with Crippen molar-refractivity contribution >= 4 is 11.9 Å². The first-order chi connectivity index (χ1) is 7.74. The molecule has 1 aliphatic rings. The van der Waals surface area contributed by atoms with Crippen molar-refractivity contribution in [2.24, 2.45) is 11.3 Å². The summed E-state index contributed by atoms with van der Waals surface area (Å²) in [6.07, 6.45) is 0.625. The van der Waals surface area contributed by atoms with E-state index >= 15 is 0 Å². The predicted octanol–water partition coefficient (Wildman–Crippen LogP) is 1.65. The van der Waals surface area contributed by atoms with Crippen LogP contribution in [0.4, 0.5) is 8.78 Å². The average Bonchev–Trinajstić information content (AvgIpc) is 2.73. The monoisotopic (exact) mass is 249 g/mol. The number of hydrogen-bond acceptors (Lipinski definition) is 2. The van der Waals surface area contributed by atoms with Gasteiger partial charge in [0.25, 0.3) is 5.92 Å². The summed E-state index contributed by atoms with van der Waals surface area (Å²) in [5, 5.41) is 11.1. The summed E-state index contributed by atoms with van der Waals surface area (Å²) in [6.45, 7) is 2.93. The van der Waals surface area contributed by atoms with Crippen molar-refractivity contribution in [2.75, 3.05) is 6.54 Å². The molecule has 2 atom stereocenters. The zero-order valence-corrected chi connectivity index (χ0v) is 9.93. The third-order valence-corrected chi connectivity index (χ3v) is 3.25. The maximum absolute atomic E-state index is 12.9. The van der Waals surface area contributed by atoms with Crippen LogP contribution in [0.2, 0.25) is 0 Å². The van der Waals surface area contributed by atoms with Crippen LogP contribution < -0.4 is 5.32 Å². The van der Waals surface area contributed by atoms with E-state index in [0.717, 1.165) is 0 Å². The first kappa shape index (κ1) is 13.9. The molecule has 0 aliphatic heterocycles. The quantitative estimate of drug-likeness (QED) is 0.752. The van der Waals surface area contributed by atoms with Gasteiger partial charge in [-0.3, -0.25) is 9.59 Å². The Bertz CT molecular complexity index is 333. The Morgan fingerprint density at radius 2 is 2.00 bits per heavy atom. The largest absolute Gasteiger partial charge is 0.481 e. The van der Waals surface area contributed by atoms with Crippen LogP contribution in [-0.4, -0.2) is 29.5 Å². The third-order valence-electron chi connectivity index (χ3n) is 3.25. The molecule has 1 aliphatic carbocycles. The minimum absolute atomic E-state index is 0.0896. The molecule has 0 aromatic heterocycles. The molecule has 0 radical (unpaired) electrons. The fraction of sp³-hybridized carbons (Fsp3) is 0.818. The van der Waals surface area contributed by atoms with Gasteiger partial charge < -0.3 is 10.4 Å². The zero-order chi connectivity index (χ0) is 13.3. The maximum atomic E-state index is 12.9. The first-order valence-corrected chi connectivity index (χ1v) is 5.63. The molecule has 1 amide bonds. The number of alkyl halides is 2. The zero-order valence-electron chi connectivity index (χ0n) is 9.93. The number of carbonyl (C=O) groups is 2. The van der Waals surface area contributed by atoms with Crippen LogP contribution >= 0.6 is 0 Å². The smallest absolute Gasteiger partial charge is 0.308 e. The number of nitrogens with one attached hydrogen (secondary N) is 1. The van der Waals surface area contributed by atoms with Crippen molar-refractivity contribution in [2.45, 2.75) is 39.0 Å². The van der Waals surface area contributed by atoms with Crippen LogP contribution in [0.3, 0.4) is 0 Å². The number of carbonyl (C=O) groups excluding carboxylic acids is 1. The average molecular weight is 249 g/mol. The van der Waals surface area contributed by atoms with E-state index in [1.165, 1.54) is 6.92 Å². The highest BCUT2D eigenvalue weighted by molar-refractivity contribution is 5.87. The number of carboxylic acid groups (broad SMARTS) is 1. The van der Waals surface area contributed by atoms with Crippen molar-refractivity contribution in [3.8, 4) is 0 Å². The number of aliphatic carboxylic acids is 1. The van der Waals surface area contributed by atoms with E-state index in [0.29, 0.717) is 12.8 Å². The van der Waals surface area contributed by atoms with E-state index in [1.807, 2.05) is 6.92 Å². The molecule has 0 aromatic rings. The summed E-state index contributed by atoms with van der Waals surface area (Å²) >= 11 is 0. The molecular weight excluding hydrogens is 232 g/mol. The van der Waals surface area contributed by atoms with E-state index in [4.69, 9.17) is 5.11 Å². The molecule has 0 spiro atoms. The highest BCUT2D eigenvalue weighted by Gasteiger charge is 2.72. The highest BCUT2D eigenvalue weighted by Crippen LogP contribution is 2.60. The Labute approximate surface area is 98.4 Å². The van der Waals surface area contributed by atoms with Gasteiger partial charge in [-0.05, 0) is 13.3 Å². The molecule has 1 fully saturated rings. The first-order valence-electron chi connectivity index (χ1n) is 5.63. The maximum Gasteiger partial charge on any atom is 0.308 e. The second-order valence-corrected chi connectivity index (χ2v) is 4.75.